The highest BCUT2D eigenvalue weighted by Gasteiger charge is 2.30. The molecule has 2 heterocycles. The Morgan fingerprint density at radius 2 is 2.11 bits per heavy atom. The second-order valence-electron chi connectivity index (χ2n) is 6.47. The predicted octanol–water partition coefficient (Wildman–Crippen LogP) is 1.21. The van der Waals surface area contributed by atoms with E-state index in [2.05, 4.69) is 15.5 Å². The van der Waals surface area contributed by atoms with Gasteiger partial charge in [0.15, 0.2) is 6.10 Å². The van der Waals surface area contributed by atoms with E-state index >= 15 is 0 Å². The quantitative estimate of drug-likeness (QED) is 0.841. The highest BCUT2D eigenvalue weighted by molar-refractivity contribution is 5.82. The van der Waals surface area contributed by atoms with Crippen molar-refractivity contribution >= 4 is 11.9 Å². The first-order valence-corrected chi connectivity index (χ1v) is 8.59. The van der Waals surface area contributed by atoms with Crippen molar-refractivity contribution < 1.29 is 18.7 Å². The van der Waals surface area contributed by atoms with Crippen molar-refractivity contribution in [3.63, 3.8) is 0 Å². The summed E-state index contributed by atoms with van der Waals surface area (Å²) in [6, 6.07) is 5.75. The van der Waals surface area contributed by atoms with Gasteiger partial charge < -0.3 is 19.9 Å². The van der Waals surface area contributed by atoms with Gasteiger partial charge in [0.25, 0.3) is 5.91 Å². The molecule has 8 nitrogen and oxygen atoms in total. The van der Waals surface area contributed by atoms with Gasteiger partial charge in [0.05, 0.1) is 25.0 Å². The number of nitrogens with one attached hydrogen (secondary N) is 2. The van der Waals surface area contributed by atoms with E-state index in [9.17, 15) is 14.0 Å². The number of rotatable bonds is 4. The minimum atomic E-state index is -0.650. The first-order chi connectivity index (χ1) is 13.0. The van der Waals surface area contributed by atoms with Crippen molar-refractivity contribution in [1.82, 2.24) is 25.3 Å². The molecule has 1 aliphatic heterocycles. The molecule has 0 spiro atoms. The summed E-state index contributed by atoms with van der Waals surface area (Å²) in [4.78, 5) is 27.5. The van der Waals surface area contributed by atoms with Gasteiger partial charge in [-0.05, 0) is 24.3 Å². The molecule has 3 rings (SSSR count). The summed E-state index contributed by atoms with van der Waals surface area (Å²) in [5, 5.41) is 9.72. The van der Waals surface area contributed by atoms with Crippen LogP contribution in [0.2, 0.25) is 0 Å². The summed E-state index contributed by atoms with van der Waals surface area (Å²) in [6.07, 6.45) is 0.972. The number of carbonyl (C=O) groups is 2. The first kappa shape index (κ1) is 18.8. The second-order valence-corrected chi connectivity index (χ2v) is 6.47. The number of amides is 3. The number of urea groups is 1. The van der Waals surface area contributed by atoms with Gasteiger partial charge in [-0.1, -0.05) is 0 Å². The summed E-state index contributed by atoms with van der Waals surface area (Å²) in [7, 11) is 3.31. The van der Waals surface area contributed by atoms with Crippen LogP contribution in [0.15, 0.2) is 30.5 Å². The minimum absolute atomic E-state index is 0.166. The van der Waals surface area contributed by atoms with E-state index in [1.54, 1.807) is 37.3 Å². The van der Waals surface area contributed by atoms with Gasteiger partial charge in [-0.3, -0.25) is 9.89 Å². The van der Waals surface area contributed by atoms with Crippen LogP contribution in [0, 0.1) is 5.82 Å². The fraction of sp³-hybridized carbons (Fsp3) is 0.389. The number of benzene rings is 1. The van der Waals surface area contributed by atoms with Crippen molar-refractivity contribution in [1.29, 1.82) is 0 Å². The van der Waals surface area contributed by atoms with Crippen LogP contribution >= 0.6 is 0 Å². The molecular weight excluding hydrogens is 353 g/mol. The smallest absolute Gasteiger partial charge is 0.317 e. The van der Waals surface area contributed by atoms with Gasteiger partial charge in [-0.15, -0.1) is 0 Å². The first-order valence-electron chi connectivity index (χ1n) is 8.59. The van der Waals surface area contributed by atoms with E-state index in [1.807, 2.05) is 0 Å². The van der Waals surface area contributed by atoms with Gasteiger partial charge in [0.2, 0.25) is 0 Å². The Morgan fingerprint density at radius 3 is 2.81 bits per heavy atom. The van der Waals surface area contributed by atoms with E-state index < -0.39 is 6.10 Å². The molecule has 3 amide bonds. The van der Waals surface area contributed by atoms with E-state index in [0.717, 1.165) is 16.8 Å². The SMILES string of the molecule is CN(C)C(=O)[C@H]1CN(C(=O)NCc2cn[nH]c2-c2ccc(F)cc2)CCO1. The number of carbonyl (C=O) groups excluding carboxylic acids is 2. The number of morpholine rings is 1. The molecule has 0 aliphatic carbocycles. The molecule has 144 valence electrons. The number of nitrogens with zero attached hydrogens (tertiary/aromatic N) is 3. The van der Waals surface area contributed by atoms with Gasteiger partial charge in [-0.25, -0.2) is 9.18 Å². The van der Waals surface area contributed by atoms with E-state index in [1.165, 1.54) is 17.0 Å². The zero-order chi connectivity index (χ0) is 19.4. The molecule has 1 aromatic heterocycles. The van der Waals surface area contributed by atoms with Crippen molar-refractivity contribution in [3.8, 4) is 11.3 Å². The summed E-state index contributed by atoms with van der Waals surface area (Å²) >= 11 is 0. The molecule has 2 aromatic rings. The van der Waals surface area contributed by atoms with Crippen LogP contribution in [0.25, 0.3) is 11.3 Å². The maximum Gasteiger partial charge on any atom is 0.317 e. The molecule has 9 heteroatoms. The fourth-order valence-corrected chi connectivity index (χ4v) is 2.87. The van der Waals surface area contributed by atoms with Crippen LogP contribution in [0.1, 0.15) is 5.56 Å². The minimum Gasteiger partial charge on any atom is -0.365 e. The Kier molecular flexibility index (Phi) is 5.70. The van der Waals surface area contributed by atoms with Crippen molar-refractivity contribution in [3.05, 3.63) is 41.8 Å². The maximum absolute atomic E-state index is 13.1. The Bertz CT molecular complexity index is 806. The lowest BCUT2D eigenvalue weighted by molar-refractivity contribution is -0.145. The molecule has 0 radical (unpaired) electrons. The molecule has 1 fully saturated rings. The number of likely N-dealkylation sites (N-methyl/N-ethyl adjacent to an activating group) is 1. The van der Waals surface area contributed by atoms with E-state index in [-0.39, 0.29) is 30.8 Å². The molecule has 0 bridgehead atoms. The van der Waals surface area contributed by atoms with Gasteiger partial charge in [0.1, 0.15) is 5.82 Å². The molecule has 2 N–H and O–H groups in total. The van der Waals surface area contributed by atoms with E-state index in [4.69, 9.17) is 4.74 Å². The predicted molar refractivity (Wildman–Crippen MR) is 96.2 cm³/mol. The number of hydrogen-bond donors (Lipinski definition) is 2. The van der Waals surface area contributed by atoms with Crippen LogP contribution in [0.5, 0.6) is 0 Å². The molecule has 0 unspecified atom stereocenters. The molecule has 1 atom stereocenters. The monoisotopic (exact) mass is 375 g/mol. The van der Waals surface area contributed by atoms with Gasteiger partial charge in [0, 0.05) is 38.3 Å². The summed E-state index contributed by atoms with van der Waals surface area (Å²) in [5.41, 5.74) is 2.28. The van der Waals surface area contributed by atoms with Crippen molar-refractivity contribution in [2.45, 2.75) is 12.6 Å². The Balaban J connectivity index is 1.61. The number of aromatic amines is 1. The van der Waals surface area contributed by atoms with Gasteiger partial charge >= 0.3 is 6.03 Å². The summed E-state index contributed by atoms with van der Waals surface area (Å²) < 4.78 is 18.6. The molecule has 27 heavy (non-hydrogen) atoms. The topological polar surface area (TPSA) is 90.6 Å². The maximum atomic E-state index is 13.1. The Labute approximate surface area is 156 Å². The van der Waals surface area contributed by atoms with Crippen LogP contribution in [-0.2, 0) is 16.1 Å². The average molecular weight is 375 g/mol. The standard InChI is InChI=1S/C18H22FN5O3/c1-23(2)17(25)15-11-24(7-8-27-15)18(26)20-9-13-10-21-22-16(13)12-3-5-14(19)6-4-12/h3-6,10,15H,7-9,11H2,1-2H3,(H,20,26)(H,21,22)/t15-/m1/s1. The third kappa shape index (κ3) is 4.43. The highest BCUT2D eigenvalue weighted by Crippen LogP contribution is 2.21. The van der Waals surface area contributed by atoms with Crippen LogP contribution in [0.4, 0.5) is 9.18 Å². The average Bonchev–Trinajstić information content (AvgIpc) is 3.14. The van der Waals surface area contributed by atoms with Gasteiger partial charge in [-0.2, -0.15) is 5.10 Å². The Hall–Kier alpha value is -2.94. The molecular formula is C18H22FN5O3. The second kappa shape index (κ2) is 8.17. The summed E-state index contributed by atoms with van der Waals surface area (Å²) in [5.74, 6) is -0.483. The Morgan fingerprint density at radius 1 is 1.37 bits per heavy atom. The normalized spacial score (nSPS) is 16.9. The van der Waals surface area contributed by atoms with Crippen LogP contribution < -0.4 is 5.32 Å². The molecule has 1 saturated heterocycles. The number of hydrogen-bond acceptors (Lipinski definition) is 4. The zero-order valence-electron chi connectivity index (χ0n) is 15.2. The van der Waals surface area contributed by atoms with E-state index in [0.29, 0.717) is 13.2 Å². The number of ether oxygens (including phenoxy) is 1. The largest absolute Gasteiger partial charge is 0.365 e. The number of aromatic nitrogens is 2. The van der Waals surface area contributed by atoms with Crippen molar-refractivity contribution in [2.24, 2.45) is 0 Å². The molecule has 1 aliphatic rings. The number of halogens is 1. The number of H-pyrrole nitrogens is 1. The lowest BCUT2D eigenvalue weighted by Gasteiger charge is -2.33. The molecule has 1 aromatic carbocycles. The summed E-state index contributed by atoms with van der Waals surface area (Å²) in [6.45, 7) is 1.19. The zero-order valence-corrected chi connectivity index (χ0v) is 15.2. The highest BCUT2D eigenvalue weighted by atomic mass is 19.1. The lowest BCUT2D eigenvalue weighted by atomic mass is 10.1. The third-order valence-corrected chi connectivity index (χ3v) is 4.35. The van der Waals surface area contributed by atoms with Crippen LogP contribution in [-0.4, -0.2) is 71.8 Å². The molecule has 0 saturated carbocycles. The third-order valence-electron chi connectivity index (χ3n) is 4.35. The van der Waals surface area contributed by atoms with Crippen molar-refractivity contribution in [2.75, 3.05) is 33.8 Å². The lowest BCUT2D eigenvalue weighted by Crippen LogP contribution is -2.53. The fourth-order valence-electron chi connectivity index (χ4n) is 2.87. The van der Waals surface area contributed by atoms with Crippen LogP contribution in [0.3, 0.4) is 0 Å².